The Morgan fingerprint density at radius 2 is 1.97 bits per heavy atom. The van der Waals surface area contributed by atoms with Crippen molar-refractivity contribution in [2.24, 2.45) is 0 Å². The van der Waals surface area contributed by atoms with Gasteiger partial charge in [-0.25, -0.2) is 14.3 Å². The van der Waals surface area contributed by atoms with Crippen LogP contribution >= 0.6 is 0 Å². The van der Waals surface area contributed by atoms with Crippen molar-refractivity contribution in [3.8, 4) is 5.75 Å². The number of phenolic OH excluding ortho intramolecular Hbond substituents is 1. The van der Waals surface area contributed by atoms with Gasteiger partial charge in [0.15, 0.2) is 5.65 Å². The molecule has 1 aromatic carbocycles. The van der Waals surface area contributed by atoms with Crippen molar-refractivity contribution in [3.63, 3.8) is 0 Å². The van der Waals surface area contributed by atoms with Gasteiger partial charge in [0, 0.05) is 46.5 Å². The van der Waals surface area contributed by atoms with E-state index in [1.165, 1.54) is 12.1 Å². The van der Waals surface area contributed by atoms with Gasteiger partial charge in [0.05, 0.1) is 5.69 Å². The summed E-state index contributed by atoms with van der Waals surface area (Å²) in [6.07, 6.45) is 0.650. The van der Waals surface area contributed by atoms with Gasteiger partial charge in [0.1, 0.15) is 17.9 Å². The van der Waals surface area contributed by atoms with Gasteiger partial charge < -0.3 is 14.3 Å². The van der Waals surface area contributed by atoms with Gasteiger partial charge in [-0.3, -0.25) is 4.79 Å². The summed E-state index contributed by atoms with van der Waals surface area (Å²) in [6.45, 7) is 7.40. The molecule has 4 rings (SSSR count). The number of fused-ring (bicyclic) bond motifs is 2. The SMILES string of the molecule is Cc1cc2nc(C)c(CCC(=O)OCc3cc(=O)oc4c(C)c(O)ccc34)c(C)n2n1. The predicted octanol–water partition coefficient (Wildman–Crippen LogP) is 3.45. The molecule has 3 aromatic heterocycles. The number of aryl methyl sites for hydroxylation is 4. The maximum Gasteiger partial charge on any atom is 0.336 e. The van der Waals surface area contributed by atoms with Crippen molar-refractivity contribution in [1.82, 2.24) is 14.6 Å². The van der Waals surface area contributed by atoms with Crippen LogP contribution in [0.25, 0.3) is 16.6 Å². The Hall–Kier alpha value is -3.68. The molecule has 0 atom stereocenters. The quantitative estimate of drug-likeness (QED) is 0.388. The number of benzene rings is 1. The molecular formula is C23H23N3O5. The Morgan fingerprint density at radius 1 is 1.19 bits per heavy atom. The highest BCUT2D eigenvalue weighted by Gasteiger charge is 2.15. The zero-order valence-electron chi connectivity index (χ0n) is 17.9. The fraction of sp³-hybridized carbons (Fsp3) is 0.304. The molecule has 0 radical (unpaired) electrons. The van der Waals surface area contributed by atoms with E-state index in [4.69, 9.17) is 9.15 Å². The molecule has 0 saturated carbocycles. The van der Waals surface area contributed by atoms with Crippen LogP contribution in [0.1, 0.15) is 40.2 Å². The second-order valence-electron chi connectivity index (χ2n) is 7.65. The maximum absolute atomic E-state index is 12.4. The van der Waals surface area contributed by atoms with Crippen LogP contribution in [0, 0.1) is 27.7 Å². The van der Waals surface area contributed by atoms with Crippen molar-refractivity contribution >= 4 is 22.6 Å². The average molecular weight is 421 g/mol. The Morgan fingerprint density at radius 3 is 2.74 bits per heavy atom. The minimum Gasteiger partial charge on any atom is -0.508 e. The summed E-state index contributed by atoms with van der Waals surface area (Å²) >= 11 is 0. The van der Waals surface area contributed by atoms with E-state index in [-0.39, 0.29) is 24.7 Å². The zero-order chi connectivity index (χ0) is 22.3. The van der Waals surface area contributed by atoms with Gasteiger partial charge in [0.25, 0.3) is 0 Å². The van der Waals surface area contributed by atoms with Crippen LogP contribution in [-0.4, -0.2) is 25.7 Å². The van der Waals surface area contributed by atoms with Crippen LogP contribution in [-0.2, 0) is 22.6 Å². The second kappa shape index (κ2) is 7.86. The topological polar surface area (TPSA) is 107 Å². The minimum atomic E-state index is -0.563. The number of aromatic hydroxyl groups is 1. The van der Waals surface area contributed by atoms with E-state index in [0.717, 1.165) is 28.3 Å². The lowest BCUT2D eigenvalue weighted by Crippen LogP contribution is -2.11. The van der Waals surface area contributed by atoms with Gasteiger partial charge in [-0.05, 0) is 51.8 Å². The number of nitrogens with zero attached hydrogens (tertiary/aromatic N) is 3. The monoisotopic (exact) mass is 421 g/mol. The summed E-state index contributed by atoms with van der Waals surface area (Å²) < 4.78 is 12.4. The Bertz CT molecular complexity index is 1380. The van der Waals surface area contributed by atoms with Gasteiger partial charge in [-0.1, -0.05) is 0 Å². The van der Waals surface area contributed by atoms with E-state index >= 15 is 0 Å². The normalized spacial score (nSPS) is 11.4. The van der Waals surface area contributed by atoms with E-state index in [0.29, 0.717) is 28.5 Å². The summed E-state index contributed by atoms with van der Waals surface area (Å²) in [5.41, 5.74) is 5.17. The van der Waals surface area contributed by atoms with E-state index in [9.17, 15) is 14.7 Å². The molecule has 0 aliphatic rings. The standard InChI is InChI=1S/C23H23N3O5/c1-12-9-20-24-14(3)17(15(4)26(20)25-12)6-8-21(28)30-11-16-10-22(29)31-23-13(2)19(27)7-5-18(16)23/h5,7,9-10,27H,6,8,11H2,1-4H3. The first-order valence-electron chi connectivity index (χ1n) is 9.98. The van der Waals surface area contributed by atoms with Crippen LogP contribution in [0.5, 0.6) is 5.75 Å². The van der Waals surface area contributed by atoms with E-state index < -0.39 is 5.63 Å². The number of carbonyl (C=O) groups excluding carboxylic acids is 1. The molecule has 1 N–H and O–H groups in total. The maximum atomic E-state index is 12.4. The third kappa shape index (κ3) is 3.88. The number of hydrogen-bond acceptors (Lipinski definition) is 7. The number of carbonyl (C=O) groups is 1. The molecule has 31 heavy (non-hydrogen) atoms. The summed E-state index contributed by atoms with van der Waals surface area (Å²) in [6, 6.07) is 6.39. The molecule has 0 aliphatic carbocycles. The number of hydrogen-bond donors (Lipinski definition) is 1. The highest BCUT2D eigenvalue weighted by atomic mass is 16.5. The van der Waals surface area contributed by atoms with Crippen molar-refractivity contribution in [1.29, 1.82) is 0 Å². The van der Waals surface area contributed by atoms with Crippen LogP contribution in [0.4, 0.5) is 0 Å². The lowest BCUT2D eigenvalue weighted by molar-refractivity contribution is -0.144. The molecule has 4 aromatic rings. The second-order valence-corrected chi connectivity index (χ2v) is 7.65. The molecule has 0 amide bonds. The smallest absolute Gasteiger partial charge is 0.336 e. The molecule has 0 bridgehead atoms. The first-order valence-corrected chi connectivity index (χ1v) is 9.98. The number of esters is 1. The Balaban J connectivity index is 1.49. The number of ether oxygens (including phenoxy) is 1. The third-order valence-electron chi connectivity index (χ3n) is 5.47. The fourth-order valence-electron chi connectivity index (χ4n) is 3.80. The number of rotatable bonds is 5. The summed E-state index contributed by atoms with van der Waals surface area (Å²) in [5, 5.41) is 14.9. The first-order chi connectivity index (χ1) is 14.7. The number of aromatic nitrogens is 3. The zero-order valence-corrected chi connectivity index (χ0v) is 17.9. The molecule has 0 saturated heterocycles. The molecule has 8 nitrogen and oxygen atoms in total. The predicted molar refractivity (Wildman–Crippen MR) is 114 cm³/mol. The fourth-order valence-corrected chi connectivity index (χ4v) is 3.80. The Labute approximate surface area is 178 Å². The van der Waals surface area contributed by atoms with E-state index in [2.05, 4.69) is 10.1 Å². The molecule has 160 valence electrons. The lowest BCUT2D eigenvalue weighted by Gasteiger charge is -2.12. The van der Waals surface area contributed by atoms with Crippen molar-refractivity contribution in [3.05, 3.63) is 68.5 Å². The van der Waals surface area contributed by atoms with Crippen LogP contribution < -0.4 is 5.63 Å². The highest BCUT2D eigenvalue weighted by molar-refractivity contribution is 5.85. The molecular weight excluding hydrogens is 398 g/mol. The van der Waals surface area contributed by atoms with Crippen LogP contribution in [0.2, 0.25) is 0 Å². The van der Waals surface area contributed by atoms with E-state index in [1.54, 1.807) is 17.5 Å². The minimum absolute atomic E-state index is 0.0356. The van der Waals surface area contributed by atoms with Gasteiger partial charge >= 0.3 is 11.6 Å². The average Bonchev–Trinajstić information content (AvgIpc) is 3.09. The molecule has 0 unspecified atom stereocenters. The van der Waals surface area contributed by atoms with Gasteiger partial charge in [-0.15, -0.1) is 0 Å². The molecule has 0 spiro atoms. The third-order valence-corrected chi connectivity index (χ3v) is 5.47. The van der Waals surface area contributed by atoms with Crippen LogP contribution in [0.15, 0.2) is 33.5 Å². The largest absolute Gasteiger partial charge is 0.508 e. The summed E-state index contributed by atoms with van der Waals surface area (Å²) in [4.78, 5) is 28.9. The summed E-state index contributed by atoms with van der Waals surface area (Å²) in [7, 11) is 0. The van der Waals surface area contributed by atoms with Crippen molar-refractivity contribution < 1.29 is 19.1 Å². The summed E-state index contributed by atoms with van der Waals surface area (Å²) in [5.74, 6) is -0.346. The molecule has 0 aliphatic heterocycles. The Kier molecular flexibility index (Phi) is 5.22. The van der Waals surface area contributed by atoms with Crippen molar-refractivity contribution in [2.45, 2.75) is 47.1 Å². The van der Waals surface area contributed by atoms with Crippen LogP contribution in [0.3, 0.4) is 0 Å². The van der Waals surface area contributed by atoms with Gasteiger partial charge in [0.2, 0.25) is 0 Å². The highest BCUT2D eigenvalue weighted by Crippen LogP contribution is 2.27. The lowest BCUT2D eigenvalue weighted by atomic mass is 10.1. The van der Waals surface area contributed by atoms with Gasteiger partial charge in [-0.2, -0.15) is 5.10 Å². The number of phenols is 1. The first kappa shape index (κ1) is 20.6. The molecule has 3 heterocycles. The van der Waals surface area contributed by atoms with Crippen molar-refractivity contribution in [2.75, 3.05) is 0 Å². The molecule has 0 fully saturated rings. The van der Waals surface area contributed by atoms with E-state index in [1.807, 2.05) is 26.8 Å². The molecule has 8 heteroatoms.